The predicted octanol–water partition coefficient (Wildman–Crippen LogP) is 12.0. The van der Waals surface area contributed by atoms with Crippen LogP contribution >= 0.6 is 0 Å². The molecule has 0 bridgehead atoms. The molecule has 0 radical (unpaired) electrons. The van der Waals surface area contributed by atoms with Crippen LogP contribution in [0, 0.1) is 0 Å². The van der Waals surface area contributed by atoms with Gasteiger partial charge in [0, 0.05) is 5.41 Å². The van der Waals surface area contributed by atoms with E-state index < -0.39 is 0 Å². The molecule has 2 nitrogen and oxygen atoms in total. The molecule has 1 aromatic heterocycles. The van der Waals surface area contributed by atoms with Gasteiger partial charge in [0.25, 0.3) is 5.82 Å². The lowest BCUT2D eigenvalue weighted by Crippen LogP contribution is -2.43. The third-order valence-electron chi connectivity index (χ3n) is 9.84. The number of H-pyrrole nitrogens is 1. The first-order chi connectivity index (χ1) is 21.2. The molecule has 0 aliphatic rings. The summed E-state index contributed by atoms with van der Waals surface area (Å²) in [7, 11) is 0. The molecule has 0 saturated carbocycles. The van der Waals surface area contributed by atoms with Crippen molar-refractivity contribution < 1.29 is 4.57 Å². The minimum Gasteiger partial charge on any atom is -0.247 e. The summed E-state index contributed by atoms with van der Waals surface area (Å²) in [5.74, 6) is 1.87. The van der Waals surface area contributed by atoms with Crippen molar-refractivity contribution in [3.8, 4) is 0 Å². The Balaban J connectivity index is 1.69. The summed E-state index contributed by atoms with van der Waals surface area (Å²) in [5, 5.41) is 0. The Kier molecular flexibility index (Phi) is 17.5. The molecule has 2 aromatic carbocycles. The number of hydrogen-bond donors (Lipinski definition) is 1. The van der Waals surface area contributed by atoms with Crippen molar-refractivity contribution in [3.05, 3.63) is 90.0 Å². The largest absolute Gasteiger partial charge is 0.258 e. The highest BCUT2D eigenvalue weighted by Crippen LogP contribution is 2.43. The van der Waals surface area contributed by atoms with Crippen molar-refractivity contribution in [2.24, 2.45) is 0 Å². The lowest BCUT2D eigenvalue weighted by atomic mass is 9.66. The van der Waals surface area contributed by atoms with Crippen molar-refractivity contribution in [1.29, 1.82) is 0 Å². The maximum atomic E-state index is 3.79. The number of imidazole rings is 1. The van der Waals surface area contributed by atoms with Gasteiger partial charge in [-0.3, -0.25) is 0 Å². The molecule has 2 heteroatoms. The van der Waals surface area contributed by atoms with Crippen molar-refractivity contribution in [2.45, 2.75) is 167 Å². The maximum Gasteiger partial charge on any atom is 0.258 e. The average Bonchev–Trinajstić information content (AvgIpc) is 3.50. The summed E-state index contributed by atoms with van der Waals surface area (Å²) < 4.78 is 2.58. The minimum atomic E-state index is 0.00805. The molecular weight excluding hydrogens is 520 g/mol. The third-order valence-corrected chi connectivity index (χ3v) is 9.84. The Hall–Kier alpha value is -2.35. The minimum absolute atomic E-state index is 0.00805. The number of hydrogen-bond acceptors (Lipinski definition) is 0. The second-order valence-corrected chi connectivity index (χ2v) is 13.5. The first-order valence-corrected chi connectivity index (χ1v) is 18.3. The van der Waals surface area contributed by atoms with E-state index in [-0.39, 0.29) is 5.41 Å². The molecule has 2 atom stereocenters. The van der Waals surface area contributed by atoms with Crippen LogP contribution in [0.1, 0.15) is 166 Å². The zero-order chi connectivity index (χ0) is 30.4. The van der Waals surface area contributed by atoms with Crippen molar-refractivity contribution >= 4 is 0 Å². The van der Waals surface area contributed by atoms with Gasteiger partial charge in [-0.2, -0.15) is 0 Å². The second kappa shape index (κ2) is 21.4. The smallest absolute Gasteiger partial charge is 0.247 e. The summed E-state index contributed by atoms with van der Waals surface area (Å²) in [6.45, 7) is 8.27. The first kappa shape index (κ1) is 35.1. The maximum absolute atomic E-state index is 3.79. The summed E-state index contributed by atoms with van der Waals surface area (Å²) >= 11 is 0. The quantitative estimate of drug-likeness (QED) is 0.0753. The molecule has 1 N–H and O–H groups in total. The van der Waals surface area contributed by atoms with E-state index in [0.717, 1.165) is 13.0 Å². The molecule has 238 valence electrons. The normalized spacial score (nSPS) is 13.7. The summed E-state index contributed by atoms with van der Waals surface area (Å²) in [6.07, 6.45) is 31.6. The Labute approximate surface area is 266 Å². The van der Waals surface area contributed by atoms with Gasteiger partial charge in [0.05, 0.1) is 12.5 Å². The summed E-state index contributed by atoms with van der Waals surface area (Å²) in [5.41, 5.74) is 2.90. The predicted molar refractivity (Wildman–Crippen MR) is 187 cm³/mol. The molecule has 43 heavy (non-hydrogen) atoms. The van der Waals surface area contributed by atoms with E-state index in [2.05, 4.69) is 103 Å². The first-order valence-electron chi connectivity index (χ1n) is 18.3. The van der Waals surface area contributed by atoms with Gasteiger partial charge < -0.3 is 0 Å². The van der Waals surface area contributed by atoms with Gasteiger partial charge in [-0.05, 0) is 36.8 Å². The molecule has 0 fully saturated rings. The van der Waals surface area contributed by atoms with Gasteiger partial charge in [-0.25, -0.2) is 9.55 Å². The SMILES string of the molecule is CCCCCCCCCCCC[n+]1cc[nH]c1C(CCCCCCCCCC)C(C)(Cc1ccccc1)c1ccccc1. The van der Waals surface area contributed by atoms with Crippen LogP contribution in [0.3, 0.4) is 0 Å². The van der Waals surface area contributed by atoms with Crippen molar-refractivity contribution in [2.75, 3.05) is 0 Å². The fourth-order valence-electron chi connectivity index (χ4n) is 7.15. The van der Waals surface area contributed by atoms with E-state index in [4.69, 9.17) is 0 Å². The van der Waals surface area contributed by atoms with Crippen LogP contribution in [0.4, 0.5) is 0 Å². The topological polar surface area (TPSA) is 19.7 Å². The van der Waals surface area contributed by atoms with Gasteiger partial charge in [-0.1, -0.05) is 184 Å². The Morgan fingerprint density at radius 2 is 1.09 bits per heavy atom. The van der Waals surface area contributed by atoms with Gasteiger partial charge >= 0.3 is 0 Å². The van der Waals surface area contributed by atoms with Crippen LogP contribution in [0.25, 0.3) is 0 Å². The van der Waals surface area contributed by atoms with E-state index in [0.29, 0.717) is 5.92 Å². The Morgan fingerprint density at radius 1 is 0.605 bits per heavy atom. The summed E-state index contributed by atoms with van der Waals surface area (Å²) in [6, 6.07) is 22.6. The zero-order valence-corrected chi connectivity index (χ0v) is 28.3. The lowest BCUT2D eigenvalue weighted by molar-refractivity contribution is -0.705. The van der Waals surface area contributed by atoms with Crippen LogP contribution in [-0.4, -0.2) is 4.98 Å². The highest BCUT2D eigenvalue weighted by molar-refractivity contribution is 5.32. The molecule has 0 amide bonds. The van der Waals surface area contributed by atoms with Gasteiger partial charge in [0.2, 0.25) is 0 Å². The van der Waals surface area contributed by atoms with Gasteiger partial charge in [-0.15, -0.1) is 0 Å². The molecule has 0 saturated heterocycles. The zero-order valence-electron chi connectivity index (χ0n) is 28.3. The van der Waals surface area contributed by atoms with Crippen LogP contribution < -0.4 is 4.57 Å². The molecular formula is C41H65N2+. The fourth-order valence-corrected chi connectivity index (χ4v) is 7.15. The number of aromatic amines is 1. The van der Waals surface area contributed by atoms with E-state index in [9.17, 15) is 0 Å². The fraction of sp³-hybridized carbons (Fsp3) is 0.634. The van der Waals surface area contributed by atoms with E-state index in [1.54, 1.807) is 0 Å². The molecule has 0 spiro atoms. The van der Waals surface area contributed by atoms with Crippen LogP contribution in [-0.2, 0) is 18.4 Å². The number of unbranched alkanes of at least 4 members (excludes halogenated alkanes) is 16. The number of nitrogens with zero attached hydrogens (tertiary/aromatic N) is 1. The number of aryl methyl sites for hydroxylation is 1. The molecule has 3 aromatic rings. The van der Waals surface area contributed by atoms with Crippen LogP contribution in [0.5, 0.6) is 0 Å². The lowest BCUT2D eigenvalue weighted by Gasteiger charge is -2.37. The van der Waals surface area contributed by atoms with Gasteiger partial charge in [0.15, 0.2) is 0 Å². The molecule has 1 heterocycles. The molecule has 2 unspecified atom stereocenters. The Bertz CT molecular complexity index is 1060. The average molecular weight is 586 g/mol. The van der Waals surface area contributed by atoms with E-state index >= 15 is 0 Å². The molecule has 0 aliphatic carbocycles. The number of rotatable bonds is 25. The Morgan fingerprint density at radius 3 is 1.65 bits per heavy atom. The molecule has 3 rings (SSSR count). The highest BCUT2D eigenvalue weighted by Gasteiger charge is 2.41. The standard InChI is InChI=1S/C41H64N2/c1-4-6-8-10-12-14-15-17-19-27-34-43-35-33-42-40(43)39(32-26-18-16-13-11-9-7-5-2)41(3,38-30-24-21-25-31-38)36-37-28-22-20-23-29-37/h20-25,28-31,33,35,39H,4-19,26-27,32,34,36H2,1-3H3/p+1. The van der Waals surface area contributed by atoms with Crippen molar-refractivity contribution in [3.63, 3.8) is 0 Å². The second-order valence-electron chi connectivity index (χ2n) is 13.5. The van der Waals surface area contributed by atoms with E-state index in [1.807, 2.05) is 0 Å². The number of aromatic nitrogens is 2. The third kappa shape index (κ3) is 12.7. The van der Waals surface area contributed by atoms with E-state index in [1.165, 1.54) is 139 Å². The highest BCUT2D eigenvalue weighted by atomic mass is 15.1. The monoisotopic (exact) mass is 586 g/mol. The number of benzene rings is 2. The van der Waals surface area contributed by atoms with Crippen molar-refractivity contribution in [1.82, 2.24) is 4.98 Å². The van der Waals surface area contributed by atoms with Crippen LogP contribution in [0.15, 0.2) is 73.1 Å². The number of nitrogens with one attached hydrogen (secondary N) is 1. The summed E-state index contributed by atoms with van der Waals surface area (Å²) in [4.78, 5) is 3.79. The van der Waals surface area contributed by atoms with Gasteiger partial charge in [0.1, 0.15) is 12.4 Å². The van der Waals surface area contributed by atoms with Crippen LogP contribution in [0.2, 0.25) is 0 Å². The molecule has 0 aliphatic heterocycles.